The van der Waals surface area contributed by atoms with Gasteiger partial charge < -0.3 is 10.2 Å². The van der Waals surface area contributed by atoms with E-state index in [1.54, 1.807) is 24.1 Å². The predicted molar refractivity (Wildman–Crippen MR) is 104 cm³/mol. The predicted octanol–water partition coefficient (Wildman–Crippen LogP) is 2.54. The van der Waals surface area contributed by atoms with E-state index in [2.05, 4.69) is 15.3 Å². The van der Waals surface area contributed by atoms with Gasteiger partial charge in [-0.15, -0.1) is 0 Å². The molecule has 28 heavy (non-hydrogen) atoms. The van der Waals surface area contributed by atoms with Gasteiger partial charge in [-0.3, -0.25) is 9.59 Å². The number of aromatic nitrogens is 2. The Bertz CT molecular complexity index is 877. The third-order valence-corrected chi connectivity index (χ3v) is 5.20. The summed E-state index contributed by atoms with van der Waals surface area (Å²) in [5.74, 6) is 0.0618. The fraction of sp³-hybridized carbons (Fsp3) is 0.429. The first-order valence-corrected chi connectivity index (χ1v) is 9.48. The molecule has 1 aromatic carbocycles. The highest BCUT2D eigenvalue weighted by molar-refractivity contribution is 5.94. The lowest BCUT2D eigenvalue weighted by atomic mass is 9.95. The van der Waals surface area contributed by atoms with Gasteiger partial charge >= 0.3 is 0 Å². The zero-order valence-electron chi connectivity index (χ0n) is 16.5. The number of hydrogen-bond donors (Lipinski definition) is 1. The maximum atomic E-state index is 13.5. The van der Waals surface area contributed by atoms with Crippen LogP contribution >= 0.6 is 0 Å². The number of halogens is 1. The Labute approximate surface area is 164 Å². The third-order valence-electron chi connectivity index (χ3n) is 5.20. The monoisotopic (exact) mass is 384 g/mol. The van der Waals surface area contributed by atoms with Gasteiger partial charge in [0.05, 0.1) is 6.42 Å². The van der Waals surface area contributed by atoms with E-state index < -0.39 is 5.82 Å². The maximum Gasteiger partial charge on any atom is 0.253 e. The topological polar surface area (TPSA) is 75.2 Å². The van der Waals surface area contributed by atoms with Crippen LogP contribution in [0.5, 0.6) is 0 Å². The minimum Gasteiger partial charge on any atom is -0.359 e. The van der Waals surface area contributed by atoms with Crippen LogP contribution in [0.2, 0.25) is 0 Å². The molecule has 7 heteroatoms. The largest absolute Gasteiger partial charge is 0.359 e. The van der Waals surface area contributed by atoms with Crippen molar-refractivity contribution in [1.29, 1.82) is 0 Å². The van der Waals surface area contributed by atoms with Crippen LogP contribution in [0.1, 0.15) is 51.9 Å². The van der Waals surface area contributed by atoms with Crippen LogP contribution in [0.4, 0.5) is 4.39 Å². The zero-order chi connectivity index (χ0) is 20.3. The Kier molecular flexibility index (Phi) is 6.02. The smallest absolute Gasteiger partial charge is 0.253 e. The summed E-state index contributed by atoms with van der Waals surface area (Å²) >= 11 is 0. The first kappa shape index (κ1) is 19.9. The second-order valence-corrected chi connectivity index (χ2v) is 7.18. The third kappa shape index (κ3) is 4.35. The summed E-state index contributed by atoms with van der Waals surface area (Å²) in [7, 11) is 1.61. The summed E-state index contributed by atoms with van der Waals surface area (Å²) < 4.78 is 13.5. The van der Waals surface area contributed by atoms with Crippen LogP contribution in [-0.4, -0.2) is 46.8 Å². The molecule has 0 saturated carbocycles. The zero-order valence-corrected chi connectivity index (χ0v) is 16.5. The fourth-order valence-corrected chi connectivity index (χ4v) is 3.63. The highest BCUT2D eigenvalue weighted by atomic mass is 19.1. The minimum absolute atomic E-state index is 0.0257. The second kappa shape index (κ2) is 8.46. The van der Waals surface area contributed by atoms with Crippen molar-refractivity contribution in [3.8, 4) is 0 Å². The lowest BCUT2D eigenvalue weighted by Crippen LogP contribution is -2.39. The van der Waals surface area contributed by atoms with Gasteiger partial charge in [-0.1, -0.05) is 6.07 Å². The van der Waals surface area contributed by atoms with Crippen molar-refractivity contribution in [2.45, 2.75) is 39.0 Å². The number of nitrogens with zero attached hydrogens (tertiary/aromatic N) is 3. The summed E-state index contributed by atoms with van der Waals surface area (Å²) in [6.45, 7) is 4.91. The minimum atomic E-state index is -0.416. The molecule has 3 rings (SSSR count). The second-order valence-electron chi connectivity index (χ2n) is 7.18. The highest BCUT2D eigenvalue weighted by Gasteiger charge is 2.28. The van der Waals surface area contributed by atoms with E-state index in [0.29, 0.717) is 24.5 Å². The number of benzene rings is 1. The van der Waals surface area contributed by atoms with Gasteiger partial charge in [0.1, 0.15) is 11.6 Å². The molecule has 1 fully saturated rings. The molecule has 0 bridgehead atoms. The molecule has 0 aliphatic carbocycles. The molecule has 1 N–H and O–H groups in total. The van der Waals surface area contributed by atoms with Gasteiger partial charge in [0.2, 0.25) is 5.91 Å². The fourth-order valence-electron chi connectivity index (χ4n) is 3.63. The van der Waals surface area contributed by atoms with E-state index in [0.717, 1.165) is 29.8 Å². The summed E-state index contributed by atoms with van der Waals surface area (Å²) in [6, 6.07) is 5.78. The summed E-state index contributed by atoms with van der Waals surface area (Å²) in [5, 5.41) is 2.62. The lowest BCUT2D eigenvalue weighted by Gasteiger charge is -2.32. The van der Waals surface area contributed by atoms with Crippen LogP contribution in [-0.2, 0) is 11.2 Å². The number of carbonyl (C=O) groups is 2. The molecule has 6 nitrogen and oxygen atoms in total. The van der Waals surface area contributed by atoms with Crippen molar-refractivity contribution < 1.29 is 14.0 Å². The molecule has 148 valence electrons. The van der Waals surface area contributed by atoms with E-state index in [-0.39, 0.29) is 24.2 Å². The number of rotatable bonds is 4. The van der Waals surface area contributed by atoms with Crippen molar-refractivity contribution >= 4 is 11.8 Å². The molecule has 0 unspecified atom stereocenters. The van der Waals surface area contributed by atoms with Crippen LogP contribution in [0, 0.1) is 19.7 Å². The number of likely N-dealkylation sites (tertiary alicyclic amines) is 1. The van der Waals surface area contributed by atoms with Crippen molar-refractivity contribution in [2.24, 2.45) is 0 Å². The Hall–Kier alpha value is -2.83. The molecule has 0 radical (unpaired) electrons. The molecule has 1 aliphatic rings. The van der Waals surface area contributed by atoms with E-state index in [1.165, 1.54) is 12.1 Å². The van der Waals surface area contributed by atoms with Crippen LogP contribution in [0.3, 0.4) is 0 Å². The first-order chi connectivity index (χ1) is 13.4. The van der Waals surface area contributed by atoms with Crippen molar-refractivity contribution in [3.05, 3.63) is 58.4 Å². The average Bonchev–Trinajstić information content (AvgIpc) is 2.69. The van der Waals surface area contributed by atoms with E-state index >= 15 is 0 Å². The number of hydrogen-bond acceptors (Lipinski definition) is 4. The van der Waals surface area contributed by atoms with Gasteiger partial charge in [-0.25, -0.2) is 14.4 Å². The van der Waals surface area contributed by atoms with Gasteiger partial charge in [0.25, 0.3) is 5.91 Å². The highest BCUT2D eigenvalue weighted by Crippen LogP contribution is 2.27. The Balaban J connectivity index is 1.79. The molecule has 2 aromatic rings. The number of aryl methyl sites for hydroxylation is 2. The Morgan fingerprint density at radius 2 is 1.96 bits per heavy atom. The van der Waals surface area contributed by atoms with Crippen LogP contribution in [0.25, 0.3) is 0 Å². The number of carbonyl (C=O) groups excluding carboxylic acids is 2. The van der Waals surface area contributed by atoms with Crippen molar-refractivity contribution in [3.63, 3.8) is 0 Å². The molecule has 2 heterocycles. The molecule has 1 aliphatic heterocycles. The van der Waals surface area contributed by atoms with Crippen molar-refractivity contribution in [2.75, 3.05) is 20.1 Å². The molecule has 2 amide bonds. The summed E-state index contributed by atoms with van der Waals surface area (Å²) in [4.78, 5) is 35.5. The SMILES string of the molecule is CNC(=O)Cc1c(C)nc([C@H]2CCCN(C(=O)c3cccc(F)c3)C2)nc1C. The van der Waals surface area contributed by atoms with Crippen molar-refractivity contribution in [1.82, 2.24) is 20.2 Å². The molecule has 0 spiro atoms. The molecular formula is C21H25FN4O2. The summed E-state index contributed by atoms with van der Waals surface area (Å²) in [6.07, 6.45) is 1.98. The van der Waals surface area contributed by atoms with E-state index in [1.807, 2.05) is 13.8 Å². The van der Waals surface area contributed by atoms with E-state index in [9.17, 15) is 14.0 Å². The van der Waals surface area contributed by atoms with Crippen LogP contribution in [0.15, 0.2) is 24.3 Å². The van der Waals surface area contributed by atoms with Gasteiger partial charge in [-0.2, -0.15) is 0 Å². The number of likely N-dealkylation sites (N-methyl/N-ethyl adjacent to an activating group) is 1. The first-order valence-electron chi connectivity index (χ1n) is 9.48. The van der Waals surface area contributed by atoms with Gasteiger partial charge in [0.15, 0.2) is 0 Å². The standard InChI is InChI=1S/C21H25FN4O2/c1-13-18(11-19(27)23-3)14(2)25-20(24-13)16-7-5-9-26(12-16)21(28)15-6-4-8-17(22)10-15/h4,6,8,10,16H,5,7,9,11-12H2,1-3H3,(H,23,27)/t16-/m0/s1. The molecule has 1 aromatic heterocycles. The normalized spacial score (nSPS) is 16.7. The number of piperidine rings is 1. The number of amides is 2. The van der Waals surface area contributed by atoms with Crippen LogP contribution < -0.4 is 5.32 Å². The van der Waals surface area contributed by atoms with Gasteiger partial charge in [-0.05, 0) is 44.9 Å². The summed E-state index contributed by atoms with van der Waals surface area (Å²) in [5.41, 5.74) is 2.78. The molecule has 1 saturated heterocycles. The molecule has 1 atom stereocenters. The Morgan fingerprint density at radius 3 is 2.61 bits per heavy atom. The average molecular weight is 384 g/mol. The lowest BCUT2D eigenvalue weighted by molar-refractivity contribution is -0.119. The van der Waals surface area contributed by atoms with Gasteiger partial charge in [0, 0.05) is 48.6 Å². The maximum absolute atomic E-state index is 13.5. The molecular weight excluding hydrogens is 359 g/mol. The van der Waals surface area contributed by atoms with E-state index in [4.69, 9.17) is 0 Å². The number of nitrogens with one attached hydrogen (secondary N) is 1. The Morgan fingerprint density at radius 1 is 1.25 bits per heavy atom. The quantitative estimate of drug-likeness (QED) is 0.879.